The van der Waals surface area contributed by atoms with Crippen molar-refractivity contribution in [3.05, 3.63) is 66.2 Å². The minimum atomic E-state index is -0.562. The largest absolute Gasteiger partial charge is 0.484 e. The molecule has 0 unspecified atom stereocenters. The summed E-state index contributed by atoms with van der Waals surface area (Å²) in [5.74, 6) is 0.330. The van der Waals surface area contributed by atoms with E-state index >= 15 is 0 Å². The Morgan fingerprint density at radius 1 is 1.04 bits per heavy atom. The van der Waals surface area contributed by atoms with Crippen LogP contribution in [0.2, 0.25) is 0 Å². The molecule has 1 aliphatic rings. The van der Waals surface area contributed by atoms with Crippen LogP contribution in [0.1, 0.15) is 38.2 Å². The molecule has 1 aliphatic carbocycles. The molecule has 0 spiro atoms. The van der Waals surface area contributed by atoms with Crippen molar-refractivity contribution < 1.29 is 14.3 Å². The van der Waals surface area contributed by atoms with Crippen molar-refractivity contribution >= 4 is 11.8 Å². The molecule has 1 saturated carbocycles. The summed E-state index contributed by atoms with van der Waals surface area (Å²) in [6.45, 7) is 2.06. The third-order valence-corrected chi connectivity index (χ3v) is 5.17. The number of carbonyl (C=O) groups excluding carboxylic acids is 2. The van der Waals surface area contributed by atoms with Gasteiger partial charge in [-0.1, -0.05) is 61.4 Å². The van der Waals surface area contributed by atoms with Crippen molar-refractivity contribution in [1.29, 1.82) is 0 Å². The highest BCUT2D eigenvalue weighted by molar-refractivity contribution is 5.88. The third-order valence-electron chi connectivity index (χ3n) is 5.17. The number of nitrogens with zero attached hydrogens (tertiary/aromatic N) is 1. The van der Waals surface area contributed by atoms with Crippen molar-refractivity contribution in [1.82, 2.24) is 10.2 Å². The Labute approximate surface area is 166 Å². The maximum absolute atomic E-state index is 12.9. The Balaban J connectivity index is 1.67. The Bertz CT molecular complexity index is 758. The van der Waals surface area contributed by atoms with Gasteiger partial charge in [-0.25, -0.2) is 0 Å². The molecule has 0 aromatic heterocycles. The number of ether oxygens (including phenoxy) is 1. The highest BCUT2D eigenvalue weighted by Gasteiger charge is 2.28. The number of nitrogens with one attached hydrogen (secondary N) is 1. The molecule has 0 bridgehead atoms. The molecular formula is C23H28N2O3. The van der Waals surface area contributed by atoms with Crippen LogP contribution in [-0.4, -0.2) is 35.4 Å². The zero-order valence-electron chi connectivity index (χ0n) is 16.3. The zero-order chi connectivity index (χ0) is 19.8. The third kappa shape index (κ3) is 5.59. The van der Waals surface area contributed by atoms with E-state index in [-0.39, 0.29) is 24.5 Å². The molecule has 148 valence electrons. The van der Waals surface area contributed by atoms with Gasteiger partial charge in [0.25, 0.3) is 5.91 Å². The molecule has 1 N–H and O–H groups in total. The Morgan fingerprint density at radius 3 is 2.29 bits per heavy atom. The summed E-state index contributed by atoms with van der Waals surface area (Å²) < 4.78 is 5.63. The summed E-state index contributed by atoms with van der Waals surface area (Å²) in [5, 5.41) is 3.10. The topological polar surface area (TPSA) is 58.6 Å². The molecule has 5 heteroatoms. The normalized spacial score (nSPS) is 15.0. The lowest BCUT2D eigenvalue weighted by molar-refractivity contribution is -0.142. The number of para-hydroxylation sites is 1. The van der Waals surface area contributed by atoms with Crippen LogP contribution in [0, 0.1) is 0 Å². The molecule has 5 nitrogen and oxygen atoms in total. The van der Waals surface area contributed by atoms with Gasteiger partial charge in [0, 0.05) is 12.6 Å². The number of hydrogen-bond acceptors (Lipinski definition) is 3. The molecule has 0 saturated heterocycles. The maximum atomic E-state index is 12.9. The van der Waals surface area contributed by atoms with Gasteiger partial charge in [-0.3, -0.25) is 9.59 Å². The predicted molar refractivity (Wildman–Crippen MR) is 109 cm³/mol. The van der Waals surface area contributed by atoms with E-state index in [9.17, 15) is 9.59 Å². The van der Waals surface area contributed by atoms with Crippen molar-refractivity contribution in [2.45, 2.75) is 51.2 Å². The van der Waals surface area contributed by atoms with Crippen LogP contribution >= 0.6 is 0 Å². The molecule has 0 radical (unpaired) electrons. The van der Waals surface area contributed by atoms with Crippen LogP contribution in [0.3, 0.4) is 0 Å². The van der Waals surface area contributed by atoms with Gasteiger partial charge in [0.15, 0.2) is 6.61 Å². The highest BCUT2D eigenvalue weighted by atomic mass is 16.5. The first kappa shape index (κ1) is 19.9. The van der Waals surface area contributed by atoms with Gasteiger partial charge >= 0.3 is 0 Å². The van der Waals surface area contributed by atoms with Crippen LogP contribution in [0.15, 0.2) is 60.7 Å². The fourth-order valence-corrected chi connectivity index (χ4v) is 3.50. The van der Waals surface area contributed by atoms with E-state index in [1.54, 1.807) is 11.8 Å². The molecule has 1 fully saturated rings. The highest BCUT2D eigenvalue weighted by Crippen LogP contribution is 2.18. The van der Waals surface area contributed by atoms with E-state index in [0.29, 0.717) is 12.3 Å². The van der Waals surface area contributed by atoms with E-state index < -0.39 is 6.04 Å². The number of benzene rings is 2. The number of rotatable bonds is 8. The van der Waals surface area contributed by atoms with Crippen molar-refractivity contribution in [2.75, 3.05) is 6.61 Å². The van der Waals surface area contributed by atoms with Gasteiger partial charge in [-0.05, 0) is 37.5 Å². The standard InChI is InChI=1S/C23H28N2O3/c1-18(23(27)24-20-12-8-9-13-20)25(16-19-10-4-2-5-11-19)22(26)17-28-21-14-6-3-7-15-21/h2-7,10-11,14-15,18,20H,8-9,12-13,16-17H2,1H3,(H,24,27)/t18-/m1/s1. The molecular weight excluding hydrogens is 352 g/mol. The van der Waals surface area contributed by atoms with Crippen LogP contribution in [-0.2, 0) is 16.1 Å². The molecule has 0 aliphatic heterocycles. The quantitative estimate of drug-likeness (QED) is 0.762. The monoisotopic (exact) mass is 380 g/mol. The minimum absolute atomic E-state index is 0.0993. The van der Waals surface area contributed by atoms with Gasteiger partial charge in [0.2, 0.25) is 5.91 Å². The van der Waals surface area contributed by atoms with E-state index in [1.807, 2.05) is 60.7 Å². The van der Waals surface area contributed by atoms with Gasteiger partial charge in [-0.2, -0.15) is 0 Å². The van der Waals surface area contributed by atoms with Crippen LogP contribution < -0.4 is 10.1 Å². The molecule has 1 atom stereocenters. The Hall–Kier alpha value is -2.82. The molecule has 2 aromatic carbocycles. The van der Waals surface area contributed by atoms with Gasteiger partial charge in [0.05, 0.1) is 0 Å². The molecule has 28 heavy (non-hydrogen) atoms. The summed E-state index contributed by atoms with van der Waals surface area (Å²) in [6.07, 6.45) is 4.33. The molecule has 3 rings (SSSR count). The van der Waals surface area contributed by atoms with Crippen molar-refractivity contribution in [3.8, 4) is 5.75 Å². The second-order valence-electron chi connectivity index (χ2n) is 7.27. The van der Waals surface area contributed by atoms with E-state index in [4.69, 9.17) is 4.74 Å². The first-order chi connectivity index (χ1) is 13.6. The van der Waals surface area contributed by atoms with Gasteiger partial charge < -0.3 is 15.0 Å². The van der Waals surface area contributed by atoms with Crippen molar-refractivity contribution in [2.24, 2.45) is 0 Å². The number of amides is 2. The Kier molecular flexibility index (Phi) is 7.06. The smallest absolute Gasteiger partial charge is 0.261 e. The lowest BCUT2D eigenvalue weighted by Crippen LogP contribution is -2.50. The first-order valence-electron chi connectivity index (χ1n) is 9.95. The van der Waals surface area contributed by atoms with Gasteiger partial charge in [-0.15, -0.1) is 0 Å². The Morgan fingerprint density at radius 2 is 1.64 bits per heavy atom. The number of hydrogen-bond donors (Lipinski definition) is 1. The lowest BCUT2D eigenvalue weighted by atomic mass is 10.1. The van der Waals surface area contributed by atoms with Crippen molar-refractivity contribution in [3.63, 3.8) is 0 Å². The summed E-state index contributed by atoms with van der Waals surface area (Å²) in [6, 6.07) is 18.6. The average molecular weight is 380 g/mol. The summed E-state index contributed by atoms with van der Waals surface area (Å²) in [7, 11) is 0. The fraction of sp³-hybridized carbons (Fsp3) is 0.391. The van der Waals surface area contributed by atoms with E-state index in [0.717, 1.165) is 31.2 Å². The summed E-state index contributed by atoms with van der Waals surface area (Å²) in [5.41, 5.74) is 0.982. The second kappa shape index (κ2) is 9.93. The van der Waals surface area contributed by atoms with Gasteiger partial charge in [0.1, 0.15) is 11.8 Å². The molecule has 2 aromatic rings. The number of carbonyl (C=O) groups is 2. The maximum Gasteiger partial charge on any atom is 0.261 e. The zero-order valence-corrected chi connectivity index (χ0v) is 16.3. The molecule has 0 heterocycles. The van der Waals surface area contributed by atoms with Crippen LogP contribution in [0.4, 0.5) is 0 Å². The predicted octanol–water partition coefficient (Wildman–Crippen LogP) is 3.54. The first-order valence-corrected chi connectivity index (χ1v) is 9.95. The average Bonchev–Trinajstić information content (AvgIpc) is 3.24. The fourth-order valence-electron chi connectivity index (χ4n) is 3.50. The van der Waals surface area contributed by atoms with Crippen LogP contribution in [0.5, 0.6) is 5.75 Å². The minimum Gasteiger partial charge on any atom is -0.484 e. The second-order valence-corrected chi connectivity index (χ2v) is 7.27. The van der Waals surface area contributed by atoms with E-state index in [1.165, 1.54) is 0 Å². The summed E-state index contributed by atoms with van der Waals surface area (Å²) in [4.78, 5) is 27.3. The molecule has 2 amide bonds. The van der Waals surface area contributed by atoms with Crippen LogP contribution in [0.25, 0.3) is 0 Å². The summed E-state index contributed by atoms with van der Waals surface area (Å²) >= 11 is 0. The lowest BCUT2D eigenvalue weighted by Gasteiger charge is -2.29. The van der Waals surface area contributed by atoms with E-state index in [2.05, 4.69) is 5.32 Å². The SMILES string of the molecule is C[C@H](C(=O)NC1CCCC1)N(Cc1ccccc1)C(=O)COc1ccccc1.